The fraction of sp³-hybridized carbons (Fsp3) is 0.238. The average molecular weight is 399 g/mol. The van der Waals surface area contributed by atoms with Crippen LogP contribution in [0.15, 0.2) is 53.4 Å². The zero-order valence-electron chi connectivity index (χ0n) is 14.7. The molecule has 6 heteroatoms. The molecule has 138 valence electrons. The van der Waals surface area contributed by atoms with E-state index in [1.165, 1.54) is 23.4 Å². The molecule has 0 aromatic heterocycles. The van der Waals surface area contributed by atoms with E-state index in [2.05, 4.69) is 17.0 Å². The molecule has 2 heterocycles. The lowest BCUT2D eigenvalue weighted by molar-refractivity contribution is -0.123. The molecule has 27 heavy (non-hydrogen) atoms. The summed E-state index contributed by atoms with van der Waals surface area (Å²) in [7, 11) is 0. The molecule has 2 aliphatic heterocycles. The lowest BCUT2D eigenvalue weighted by Gasteiger charge is -2.17. The summed E-state index contributed by atoms with van der Waals surface area (Å²) >= 11 is 6.98. The number of rotatable bonds is 4. The number of carbonyl (C=O) groups is 2. The number of halogens is 1. The van der Waals surface area contributed by atoms with Crippen LogP contribution in [0.3, 0.4) is 0 Å². The molecule has 2 aliphatic rings. The highest BCUT2D eigenvalue weighted by Crippen LogP contribution is 2.33. The molecule has 2 saturated heterocycles. The number of nitrogens with zero attached hydrogens (tertiary/aromatic N) is 2. The van der Waals surface area contributed by atoms with E-state index in [9.17, 15) is 9.59 Å². The molecule has 2 aromatic rings. The van der Waals surface area contributed by atoms with Crippen LogP contribution in [0.2, 0.25) is 5.02 Å². The van der Waals surface area contributed by atoms with Crippen LogP contribution in [-0.4, -0.2) is 29.1 Å². The third kappa shape index (κ3) is 4.04. The van der Waals surface area contributed by atoms with E-state index in [1.807, 2.05) is 24.3 Å². The zero-order chi connectivity index (χ0) is 18.8. The highest BCUT2D eigenvalue weighted by Gasteiger charge is 2.35. The van der Waals surface area contributed by atoms with Gasteiger partial charge in [-0.3, -0.25) is 14.5 Å². The largest absolute Gasteiger partial charge is 0.372 e. The fourth-order valence-corrected chi connectivity index (χ4v) is 4.41. The molecule has 0 unspecified atom stereocenters. The molecule has 0 bridgehead atoms. The van der Waals surface area contributed by atoms with Gasteiger partial charge in [0.1, 0.15) is 0 Å². The Labute approximate surface area is 167 Å². The number of anilines is 1. The first-order chi connectivity index (χ1) is 13.1. The van der Waals surface area contributed by atoms with Gasteiger partial charge in [-0.15, -0.1) is 0 Å². The van der Waals surface area contributed by atoms with Crippen molar-refractivity contribution in [2.24, 2.45) is 0 Å². The summed E-state index contributed by atoms with van der Waals surface area (Å²) in [6.45, 7) is 2.43. The van der Waals surface area contributed by atoms with E-state index >= 15 is 0 Å². The highest BCUT2D eigenvalue weighted by atomic mass is 35.5. The molecule has 0 aliphatic carbocycles. The number of hydrogen-bond acceptors (Lipinski definition) is 4. The second-order valence-corrected chi connectivity index (χ2v) is 8.11. The molecule has 4 rings (SSSR count). The second-order valence-electron chi connectivity index (χ2n) is 6.68. The quantitative estimate of drug-likeness (QED) is 0.665. The van der Waals surface area contributed by atoms with Gasteiger partial charge in [0.25, 0.3) is 11.1 Å². The van der Waals surface area contributed by atoms with Crippen LogP contribution in [0.25, 0.3) is 6.08 Å². The van der Waals surface area contributed by atoms with Crippen molar-refractivity contribution < 1.29 is 9.59 Å². The number of amides is 2. The van der Waals surface area contributed by atoms with Gasteiger partial charge in [-0.2, -0.15) is 0 Å². The van der Waals surface area contributed by atoms with Gasteiger partial charge in [-0.25, -0.2) is 0 Å². The summed E-state index contributed by atoms with van der Waals surface area (Å²) in [5.41, 5.74) is 2.96. The Morgan fingerprint density at radius 1 is 1.04 bits per heavy atom. The van der Waals surface area contributed by atoms with Crippen molar-refractivity contribution in [3.05, 3.63) is 69.6 Å². The first-order valence-corrected chi connectivity index (χ1v) is 10.1. The van der Waals surface area contributed by atoms with Gasteiger partial charge in [0.05, 0.1) is 11.4 Å². The number of thioether (sulfide) groups is 1. The molecule has 0 atom stereocenters. The minimum absolute atomic E-state index is 0.233. The Hall–Kier alpha value is -2.24. The SMILES string of the molecule is O=C1S/C(=C\c2ccc(N3CCCC3)cc2)C(=O)N1Cc1cccc(Cl)c1. The van der Waals surface area contributed by atoms with Gasteiger partial charge >= 0.3 is 0 Å². The van der Waals surface area contributed by atoms with E-state index < -0.39 is 0 Å². The summed E-state index contributed by atoms with van der Waals surface area (Å²) in [6.07, 6.45) is 4.26. The summed E-state index contributed by atoms with van der Waals surface area (Å²) < 4.78 is 0. The van der Waals surface area contributed by atoms with Gasteiger partial charge < -0.3 is 4.90 Å². The number of benzene rings is 2. The van der Waals surface area contributed by atoms with Gasteiger partial charge in [0.2, 0.25) is 0 Å². The summed E-state index contributed by atoms with van der Waals surface area (Å²) in [6, 6.07) is 15.4. The van der Waals surface area contributed by atoms with Crippen LogP contribution in [0, 0.1) is 0 Å². The van der Waals surface area contributed by atoms with Crippen LogP contribution >= 0.6 is 23.4 Å². The third-order valence-corrected chi connectivity index (χ3v) is 5.91. The molecular weight excluding hydrogens is 380 g/mol. The van der Waals surface area contributed by atoms with E-state index in [0.717, 1.165) is 36.0 Å². The predicted octanol–water partition coefficient (Wildman–Crippen LogP) is 5.18. The first-order valence-electron chi connectivity index (χ1n) is 8.95. The summed E-state index contributed by atoms with van der Waals surface area (Å²) in [4.78, 5) is 29.0. The van der Waals surface area contributed by atoms with Crippen molar-refractivity contribution in [3.63, 3.8) is 0 Å². The van der Waals surface area contributed by atoms with Gasteiger partial charge in [0, 0.05) is 23.8 Å². The Morgan fingerprint density at radius 3 is 2.48 bits per heavy atom. The van der Waals surface area contributed by atoms with E-state index in [1.54, 1.807) is 18.2 Å². The second kappa shape index (κ2) is 7.79. The Morgan fingerprint density at radius 2 is 1.78 bits per heavy atom. The standard InChI is InChI=1S/C21H19ClN2O2S/c22-17-5-3-4-16(12-17)14-24-20(25)19(27-21(24)26)13-15-6-8-18(9-7-15)23-10-1-2-11-23/h3-9,12-13H,1-2,10-11,14H2/b19-13-. The van der Waals surface area contributed by atoms with Crippen LogP contribution < -0.4 is 4.90 Å². The van der Waals surface area contributed by atoms with Crippen molar-refractivity contribution in [2.45, 2.75) is 19.4 Å². The minimum Gasteiger partial charge on any atom is -0.372 e. The smallest absolute Gasteiger partial charge is 0.293 e. The van der Waals surface area contributed by atoms with Crippen LogP contribution in [0.1, 0.15) is 24.0 Å². The van der Waals surface area contributed by atoms with Crippen molar-refractivity contribution in [1.29, 1.82) is 0 Å². The third-order valence-electron chi connectivity index (χ3n) is 4.77. The zero-order valence-corrected chi connectivity index (χ0v) is 16.3. The number of imide groups is 1. The fourth-order valence-electron chi connectivity index (χ4n) is 3.36. The lowest BCUT2D eigenvalue weighted by atomic mass is 10.1. The number of carbonyl (C=O) groups excluding carboxylic acids is 2. The highest BCUT2D eigenvalue weighted by molar-refractivity contribution is 8.18. The van der Waals surface area contributed by atoms with Crippen molar-refractivity contribution in [2.75, 3.05) is 18.0 Å². The average Bonchev–Trinajstić information content (AvgIpc) is 3.28. The van der Waals surface area contributed by atoms with Crippen LogP contribution in [-0.2, 0) is 11.3 Å². The molecule has 4 nitrogen and oxygen atoms in total. The van der Waals surface area contributed by atoms with Crippen molar-refractivity contribution >= 4 is 46.3 Å². The molecule has 0 N–H and O–H groups in total. The minimum atomic E-state index is -0.256. The maximum atomic E-state index is 12.7. The topological polar surface area (TPSA) is 40.6 Å². The molecule has 0 spiro atoms. The maximum absolute atomic E-state index is 12.7. The molecular formula is C21H19ClN2O2S. The Kier molecular flexibility index (Phi) is 5.23. The first kappa shape index (κ1) is 18.1. The molecule has 2 fully saturated rings. The van der Waals surface area contributed by atoms with E-state index in [4.69, 9.17) is 11.6 Å². The van der Waals surface area contributed by atoms with Crippen molar-refractivity contribution in [1.82, 2.24) is 4.90 Å². The molecule has 0 radical (unpaired) electrons. The molecule has 0 saturated carbocycles. The summed E-state index contributed by atoms with van der Waals surface area (Å²) in [5, 5.41) is 0.341. The number of hydrogen-bond donors (Lipinski definition) is 0. The Bertz CT molecular complexity index is 905. The van der Waals surface area contributed by atoms with E-state index in [-0.39, 0.29) is 17.7 Å². The Balaban J connectivity index is 1.49. The van der Waals surface area contributed by atoms with Gasteiger partial charge in [0.15, 0.2) is 0 Å². The summed E-state index contributed by atoms with van der Waals surface area (Å²) in [5.74, 6) is -0.256. The maximum Gasteiger partial charge on any atom is 0.293 e. The normalized spacial score (nSPS) is 18.8. The molecule has 2 aromatic carbocycles. The van der Waals surface area contributed by atoms with E-state index in [0.29, 0.717) is 9.93 Å². The predicted molar refractivity (Wildman–Crippen MR) is 111 cm³/mol. The van der Waals surface area contributed by atoms with Gasteiger partial charge in [-0.1, -0.05) is 35.9 Å². The monoisotopic (exact) mass is 398 g/mol. The molecule has 2 amide bonds. The van der Waals surface area contributed by atoms with Crippen LogP contribution in [0.5, 0.6) is 0 Å². The van der Waals surface area contributed by atoms with Crippen molar-refractivity contribution in [3.8, 4) is 0 Å². The van der Waals surface area contributed by atoms with Crippen LogP contribution in [0.4, 0.5) is 10.5 Å². The van der Waals surface area contributed by atoms with Gasteiger partial charge in [-0.05, 0) is 66.1 Å². The lowest BCUT2D eigenvalue weighted by Crippen LogP contribution is -2.27.